The minimum absolute atomic E-state index is 0.200. The van der Waals surface area contributed by atoms with Crippen LogP contribution in [0.3, 0.4) is 0 Å². The number of fused-ring (bicyclic) bond motifs is 1. The fourth-order valence-corrected chi connectivity index (χ4v) is 2.06. The van der Waals surface area contributed by atoms with Crippen LogP contribution in [0, 0.1) is 0 Å². The zero-order valence-corrected chi connectivity index (χ0v) is 11.4. The van der Waals surface area contributed by atoms with Gasteiger partial charge in [0.25, 0.3) is 5.91 Å². The van der Waals surface area contributed by atoms with E-state index in [2.05, 4.69) is 25.5 Å². The van der Waals surface area contributed by atoms with Crippen molar-refractivity contribution in [1.29, 1.82) is 0 Å². The lowest BCUT2D eigenvalue weighted by atomic mass is 10.2. The zero-order valence-electron chi connectivity index (χ0n) is 11.4. The van der Waals surface area contributed by atoms with Gasteiger partial charge in [0.2, 0.25) is 0 Å². The van der Waals surface area contributed by atoms with Crippen molar-refractivity contribution in [2.24, 2.45) is 0 Å². The molecular formula is C14H14N6O. The van der Waals surface area contributed by atoms with Crippen molar-refractivity contribution < 1.29 is 4.79 Å². The summed E-state index contributed by atoms with van der Waals surface area (Å²) < 4.78 is 0. The van der Waals surface area contributed by atoms with Crippen LogP contribution in [0.4, 0.5) is 11.4 Å². The Hall–Kier alpha value is -2.96. The fourth-order valence-electron chi connectivity index (χ4n) is 2.06. The molecule has 2 aromatic heterocycles. The van der Waals surface area contributed by atoms with E-state index in [1.54, 1.807) is 30.6 Å². The molecule has 1 aromatic carbocycles. The second kappa shape index (κ2) is 5.20. The molecule has 0 aliphatic rings. The van der Waals surface area contributed by atoms with Crippen molar-refractivity contribution in [3.63, 3.8) is 0 Å². The molecule has 0 atom stereocenters. The maximum absolute atomic E-state index is 12.2. The van der Waals surface area contributed by atoms with Crippen LogP contribution < -0.4 is 11.1 Å². The number of aromatic amines is 1. The minimum Gasteiger partial charge on any atom is -0.395 e. The molecule has 7 nitrogen and oxygen atoms in total. The normalized spacial score (nSPS) is 10.7. The quantitative estimate of drug-likeness (QED) is 0.678. The number of hydrogen-bond acceptors (Lipinski definition) is 5. The number of H-pyrrole nitrogens is 1. The molecule has 0 fully saturated rings. The van der Waals surface area contributed by atoms with E-state index in [9.17, 15) is 4.79 Å². The Bertz CT molecular complexity index is 810. The highest BCUT2D eigenvalue weighted by Gasteiger charge is 2.16. The van der Waals surface area contributed by atoms with Gasteiger partial charge in [-0.25, -0.2) is 0 Å². The van der Waals surface area contributed by atoms with E-state index in [0.29, 0.717) is 23.3 Å². The predicted octanol–water partition coefficient (Wildman–Crippen LogP) is 1.75. The summed E-state index contributed by atoms with van der Waals surface area (Å²) in [5.41, 5.74) is 9.31. The third kappa shape index (κ3) is 2.40. The van der Waals surface area contributed by atoms with Crippen molar-refractivity contribution in [2.75, 3.05) is 11.1 Å². The molecule has 1 amide bonds. The van der Waals surface area contributed by atoms with Crippen molar-refractivity contribution in [3.05, 3.63) is 42.0 Å². The summed E-state index contributed by atoms with van der Waals surface area (Å²) in [5.74, 6) is -0.355. The Kier molecular flexibility index (Phi) is 3.23. The second-order valence-corrected chi connectivity index (χ2v) is 4.53. The van der Waals surface area contributed by atoms with Crippen molar-refractivity contribution in [2.45, 2.75) is 13.3 Å². The average molecular weight is 282 g/mol. The summed E-state index contributed by atoms with van der Waals surface area (Å²) in [6.07, 6.45) is 3.92. The first kappa shape index (κ1) is 13.0. The average Bonchev–Trinajstić information content (AvgIpc) is 2.88. The summed E-state index contributed by atoms with van der Waals surface area (Å²) in [7, 11) is 0. The van der Waals surface area contributed by atoms with Crippen LogP contribution in [0.1, 0.15) is 23.1 Å². The van der Waals surface area contributed by atoms with Crippen LogP contribution >= 0.6 is 0 Å². The molecule has 7 heteroatoms. The Morgan fingerprint density at radius 3 is 2.76 bits per heavy atom. The number of aryl methyl sites for hydroxylation is 1. The van der Waals surface area contributed by atoms with Gasteiger partial charge in [-0.05, 0) is 24.6 Å². The minimum atomic E-state index is -0.355. The summed E-state index contributed by atoms with van der Waals surface area (Å²) in [4.78, 5) is 20.6. The molecule has 0 radical (unpaired) electrons. The molecule has 3 rings (SSSR count). The number of carbonyl (C=O) groups excluding carboxylic acids is 1. The van der Waals surface area contributed by atoms with E-state index in [1.807, 2.05) is 6.92 Å². The first-order valence-corrected chi connectivity index (χ1v) is 6.54. The highest BCUT2D eigenvalue weighted by molar-refractivity contribution is 6.07. The number of benzene rings is 1. The lowest BCUT2D eigenvalue weighted by Gasteiger charge is -2.05. The summed E-state index contributed by atoms with van der Waals surface area (Å²) in [6.45, 7) is 1.94. The molecular weight excluding hydrogens is 268 g/mol. The Balaban J connectivity index is 1.87. The van der Waals surface area contributed by atoms with Gasteiger partial charge in [0.15, 0.2) is 5.69 Å². The van der Waals surface area contributed by atoms with E-state index < -0.39 is 0 Å². The molecule has 21 heavy (non-hydrogen) atoms. The molecule has 3 aromatic rings. The van der Waals surface area contributed by atoms with Gasteiger partial charge in [-0.15, -0.1) is 0 Å². The van der Waals surface area contributed by atoms with Crippen molar-refractivity contribution in [3.8, 4) is 0 Å². The van der Waals surface area contributed by atoms with Gasteiger partial charge in [-0.2, -0.15) is 5.10 Å². The van der Waals surface area contributed by atoms with Crippen LogP contribution in [0.25, 0.3) is 11.0 Å². The zero-order chi connectivity index (χ0) is 14.8. The number of aromatic nitrogens is 4. The number of anilines is 2. The number of nitrogens with one attached hydrogen (secondary N) is 2. The number of amides is 1. The third-order valence-corrected chi connectivity index (χ3v) is 3.18. The van der Waals surface area contributed by atoms with Gasteiger partial charge in [-0.3, -0.25) is 19.9 Å². The first-order chi connectivity index (χ1) is 10.2. The number of carbonyl (C=O) groups is 1. The van der Waals surface area contributed by atoms with Crippen LogP contribution in [0.15, 0.2) is 30.6 Å². The summed E-state index contributed by atoms with van der Waals surface area (Å²) in [5, 5.41) is 9.48. The molecule has 0 unspecified atom stereocenters. The number of rotatable bonds is 3. The van der Waals surface area contributed by atoms with E-state index in [-0.39, 0.29) is 11.6 Å². The van der Waals surface area contributed by atoms with Gasteiger partial charge in [0.1, 0.15) is 0 Å². The van der Waals surface area contributed by atoms with Gasteiger partial charge >= 0.3 is 0 Å². The molecule has 0 spiro atoms. The van der Waals surface area contributed by atoms with Gasteiger partial charge < -0.3 is 11.1 Å². The van der Waals surface area contributed by atoms with E-state index in [0.717, 1.165) is 11.2 Å². The van der Waals surface area contributed by atoms with Crippen LogP contribution in [0.5, 0.6) is 0 Å². The summed E-state index contributed by atoms with van der Waals surface area (Å²) >= 11 is 0. The Morgan fingerprint density at radius 1 is 1.29 bits per heavy atom. The molecule has 4 N–H and O–H groups in total. The van der Waals surface area contributed by atoms with Crippen LogP contribution in [-0.2, 0) is 6.42 Å². The Labute approximate surface area is 120 Å². The standard InChI is InChI=1S/C14H14N6O/c1-2-9-12(15)13(20-19-9)14(21)18-8-3-4-10-11(7-8)17-6-5-16-10/h3-7H,2,15H2,1H3,(H,18,21)(H,19,20). The van der Waals surface area contributed by atoms with E-state index in [4.69, 9.17) is 5.73 Å². The topological polar surface area (TPSA) is 110 Å². The second-order valence-electron chi connectivity index (χ2n) is 4.53. The molecule has 0 bridgehead atoms. The molecule has 106 valence electrons. The van der Waals surface area contributed by atoms with E-state index >= 15 is 0 Å². The lowest BCUT2D eigenvalue weighted by Crippen LogP contribution is -2.14. The monoisotopic (exact) mass is 282 g/mol. The lowest BCUT2D eigenvalue weighted by molar-refractivity contribution is 0.102. The third-order valence-electron chi connectivity index (χ3n) is 3.18. The highest BCUT2D eigenvalue weighted by atomic mass is 16.2. The molecule has 0 saturated carbocycles. The molecule has 0 saturated heterocycles. The van der Waals surface area contributed by atoms with Crippen LogP contribution in [-0.4, -0.2) is 26.1 Å². The highest BCUT2D eigenvalue weighted by Crippen LogP contribution is 2.18. The Morgan fingerprint density at radius 2 is 2.05 bits per heavy atom. The maximum Gasteiger partial charge on any atom is 0.278 e. The van der Waals surface area contributed by atoms with E-state index in [1.165, 1.54) is 0 Å². The maximum atomic E-state index is 12.2. The van der Waals surface area contributed by atoms with Gasteiger partial charge in [-0.1, -0.05) is 6.92 Å². The molecule has 0 aliphatic carbocycles. The van der Waals surface area contributed by atoms with Crippen molar-refractivity contribution in [1.82, 2.24) is 20.2 Å². The SMILES string of the molecule is CCc1[nH]nc(C(=O)Nc2ccc3nccnc3c2)c1N. The number of nitrogens with two attached hydrogens (primary N) is 1. The van der Waals surface area contributed by atoms with Crippen LogP contribution in [0.2, 0.25) is 0 Å². The summed E-state index contributed by atoms with van der Waals surface area (Å²) in [6, 6.07) is 5.31. The predicted molar refractivity (Wildman–Crippen MR) is 79.9 cm³/mol. The fraction of sp³-hybridized carbons (Fsp3) is 0.143. The first-order valence-electron chi connectivity index (χ1n) is 6.54. The largest absolute Gasteiger partial charge is 0.395 e. The number of hydrogen-bond donors (Lipinski definition) is 3. The molecule has 0 aliphatic heterocycles. The van der Waals surface area contributed by atoms with Crippen molar-refractivity contribution >= 4 is 28.3 Å². The number of nitrogens with zero attached hydrogens (tertiary/aromatic N) is 3. The molecule has 2 heterocycles. The van der Waals surface area contributed by atoms with Gasteiger partial charge in [0, 0.05) is 18.1 Å². The smallest absolute Gasteiger partial charge is 0.278 e. The number of nitrogen functional groups attached to an aromatic ring is 1. The van der Waals surface area contributed by atoms with Gasteiger partial charge in [0.05, 0.1) is 22.4 Å².